The number of hydrogen-bond donors (Lipinski definition) is 3. The summed E-state index contributed by atoms with van der Waals surface area (Å²) in [7, 11) is 3.11. The average Bonchev–Trinajstić information content (AvgIpc) is 3.94. The summed E-state index contributed by atoms with van der Waals surface area (Å²) in [5.74, 6) is -2.45. The van der Waals surface area contributed by atoms with Crippen LogP contribution in [0.5, 0.6) is 0 Å². The Morgan fingerprint density at radius 2 is 1.13 bits per heavy atom. The average molecular weight is 933 g/mol. The third-order valence-electron chi connectivity index (χ3n) is 13.7. The topological polar surface area (TPSA) is 103 Å². The first-order chi connectivity index (χ1) is 32.0. The molecule has 0 spiro atoms. The molecule has 4 aromatic carbocycles. The third-order valence-corrected chi connectivity index (χ3v) is 13.7. The van der Waals surface area contributed by atoms with Crippen molar-refractivity contribution in [1.29, 1.82) is 0 Å². The zero-order valence-electron chi connectivity index (χ0n) is 38.1. The smallest absolute Gasteiger partial charge is 0.321 e. The molecule has 4 amide bonds. The molecule has 4 aromatic rings. The largest absolute Gasteiger partial charge is 0.393 e. The molecule has 358 valence electrons. The zero-order valence-corrected chi connectivity index (χ0v) is 38.1. The van der Waals surface area contributed by atoms with Crippen LogP contribution in [0, 0.1) is 23.3 Å². The van der Waals surface area contributed by atoms with Gasteiger partial charge in [-0.05, 0) is 104 Å². The van der Waals surface area contributed by atoms with Crippen LogP contribution in [0.3, 0.4) is 0 Å². The molecule has 0 bridgehead atoms. The van der Waals surface area contributed by atoms with Crippen LogP contribution in [0.4, 0.5) is 35.9 Å². The van der Waals surface area contributed by atoms with Gasteiger partial charge in [0.15, 0.2) is 0 Å². The Morgan fingerprint density at radius 3 is 1.54 bits per heavy atom. The van der Waals surface area contributed by atoms with Crippen LogP contribution in [0.1, 0.15) is 48.9 Å². The highest BCUT2D eigenvalue weighted by atomic mass is 19.2. The van der Waals surface area contributed by atoms with Crippen molar-refractivity contribution in [2.24, 2.45) is 0 Å². The van der Waals surface area contributed by atoms with Gasteiger partial charge in [-0.15, -0.1) is 0 Å². The summed E-state index contributed by atoms with van der Waals surface area (Å²) in [6.45, 7) is 4.63. The summed E-state index contributed by atoms with van der Waals surface area (Å²) in [6, 6.07) is 22.1. The molecule has 3 N–H and O–H groups in total. The van der Waals surface area contributed by atoms with Crippen LogP contribution in [-0.4, -0.2) is 144 Å². The lowest BCUT2D eigenvalue weighted by Crippen LogP contribution is -2.59. The summed E-state index contributed by atoms with van der Waals surface area (Å²) in [5.41, 5.74) is -0.519. The number of nitrogens with zero attached hydrogens (tertiary/aromatic N) is 5. The number of aliphatic hydroxyl groups excluding tert-OH is 2. The fourth-order valence-electron chi connectivity index (χ4n) is 9.84. The second-order valence-corrected chi connectivity index (χ2v) is 18.0. The fraction of sp³-hybridized carbons (Fsp3) is 0.412. The van der Waals surface area contributed by atoms with Crippen molar-refractivity contribution in [3.63, 3.8) is 0 Å². The van der Waals surface area contributed by atoms with E-state index in [9.17, 15) is 41.8 Å². The van der Waals surface area contributed by atoms with Crippen LogP contribution in [0.15, 0.2) is 109 Å². The lowest BCUT2D eigenvalue weighted by molar-refractivity contribution is 0.0272. The zero-order chi connectivity index (χ0) is 48.2. The molecule has 2 saturated heterocycles. The number of carbonyl (C=O) groups excluding carboxylic acids is 2. The third kappa shape index (κ3) is 9.85. The Kier molecular flexibility index (Phi) is 15.2. The monoisotopic (exact) mass is 932 g/mol. The molecule has 0 unspecified atom stereocenters. The molecule has 6 atom stereocenters. The van der Waals surface area contributed by atoms with E-state index < -0.39 is 84.0 Å². The van der Waals surface area contributed by atoms with Gasteiger partial charge in [-0.2, -0.15) is 0 Å². The second-order valence-electron chi connectivity index (χ2n) is 18.0. The molecule has 4 heterocycles. The molecule has 0 aromatic heterocycles. The number of hydrogen-bond acceptors (Lipinski definition) is 6. The highest BCUT2D eigenvalue weighted by Gasteiger charge is 2.49. The Labute approximate surface area is 387 Å². The molecule has 67 heavy (non-hydrogen) atoms. The highest BCUT2D eigenvalue weighted by molar-refractivity contribution is 5.85. The second kappa shape index (κ2) is 20.7. The maximum Gasteiger partial charge on any atom is 0.321 e. The van der Waals surface area contributed by atoms with Gasteiger partial charge >= 0.3 is 12.1 Å². The molecule has 0 aliphatic carbocycles. The number of likely N-dealkylation sites (tertiary alicyclic amines) is 1. The van der Waals surface area contributed by atoms with Crippen molar-refractivity contribution in [2.75, 3.05) is 66.6 Å². The number of amides is 4. The fourth-order valence-corrected chi connectivity index (χ4v) is 9.84. The van der Waals surface area contributed by atoms with Crippen LogP contribution in [-0.2, 0) is 11.1 Å². The number of carbonyl (C=O) groups is 2. The summed E-state index contributed by atoms with van der Waals surface area (Å²) < 4.78 is 86.8. The maximum atomic E-state index is 15.2. The SMILES string of the molecule is CC(C)N1CC[C@H](N(C)C(=O)N2CC(c3cc(F)ccc3F)=C[C@@]2(CO)c2ccccc2)[C@H](F)C1.CN(C(=O)N1CC(c2cc(F)ccc2F)=C[C@@]1(CO)c1ccccc1)[C@H]1CCNC[C@H]1F. The Morgan fingerprint density at radius 1 is 0.687 bits per heavy atom. The van der Waals surface area contributed by atoms with E-state index in [0.29, 0.717) is 48.2 Å². The van der Waals surface area contributed by atoms with Crippen molar-refractivity contribution in [3.8, 4) is 0 Å². The van der Waals surface area contributed by atoms with E-state index in [2.05, 4.69) is 5.32 Å². The molecule has 16 heteroatoms. The molecule has 4 aliphatic heterocycles. The van der Waals surface area contributed by atoms with E-state index in [0.717, 1.165) is 36.4 Å². The van der Waals surface area contributed by atoms with Gasteiger partial charge in [0.25, 0.3) is 0 Å². The molecule has 2 fully saturated rings. The van der Waals surface area contributed by atoms with Gasteiger partial charge in [-0.25, -0.2) is 35.9 Å². The van der Waals surface area contributed by atoms with Gasteiger partial charge in [0.05, 0.1) is 25.3 Å². The molecule has 4 aliphatic rings. The van der Waals surface area contributed by atoms with Gasteiger partial charge in [0.1, 0.15) is 46.7 Å². The van der Waals surface area contributed by atoms with Crippen molar-refractivity contribution < 1.29 is 46.1 Å². The van der Waals surface area contributed by atoms with Crippen molar-refractivity contribution in [3.05, 3.63) is 155 Å². The predicted molar refractivity (Wildman–Crippen MR) is 245 cm³/mol. The quantitative estimate of drug-likeness (QED) is 0.149. The first-order valence-corrected chi connectivity index (χ1v) is 22.5. The van der Waals surface area contributed by atoms with E-state index in [-0.39, 0.29) is 43.3 Å². The summed E-state index contributed by atoms with van der Waals surface area (Å²) in [5, 5.41) is 24.1. The molecular weight excluding hydrogens is 875 g/mol. The van der Waals surface area contributed by atoms with E-state index in [4.69, 9.17) is 0 Å². The predicted octanol–water partition coefficient (Wildman–Crippen LogP) is 7.73. The Balaban J connectivity index is 0.000000200. The van der Waals surface area contributed by atoms with Gasteiger partial charge in [-0.3, -0.25) is 4.90 Å². The molecule has 8 rings (SSSR count). The molecular formula is C51H58F6N6O4. The number of aliphatic hydroxyl groups is 2. The molecule has 0 radical (unpaired) electrons. The van der Waals surface area contributed by atoms with Gasteiger partial charge in [0.2, 0.25) is 0 Å². The lowest BCUT2D eigenvalue weighted by Gasteiger charge is -2.44. The highest BCUT2D eigenvalue weighted by Crippen LogP contribution is 2.43. The molecule has 10 nitrogen and oxygen atoms in total. The minimum Gasteiger partial charge on any atom is -0.393 e. The summed E-state index contributed by atoms with van der Waals surface area (Å²) in [6.07, 6.45) is 1.71. The van der Waals surface area contributed by atoms with Gasteiger partial charge < -0.3 is 35.1 Å². The van der Waals surface area contributed by atoms with Gasteiger partial charge in [0, 0.05) is 64.0 Å². The minimum atomic E-state index is -1.30. The lowest BCUT2D eigenvalue weighted by atomic mass is 9.89. The first kappa shape index (κ1) is 49.2. The van der Waals surface area contributed by atoms with Crippen molar-refractivity contribution >= 4 is 23.2 Å². The summed E-state index contributed by atoms with van der Waals surface area (Å²) in [4.78, 5) is 35.1. The normalized spacial score (nSPS) is 25.3. The van der Waals surface area contributed by atoms with E-state index in [1.165, 1.54) is 19.6 Å². The van der Waals surface area contributed by atoms with Crippen LogP contribution >= 0.6 is 0 Å². The van der Waals surface area contributed by atoms with E-state index >= 15 is 4.39 Å². The standard InChI is InChI=1S/C27H32F3N3O2.C24H26F3N3O2/c1-18(2)32-12-11-25(24(30)16-32)31(3)26(35)33-15-19(22-13-21(28)9-10-23(22)29)14-27(33,17-34)20-7-5-4-6-8-20;1-29(22-9-10-28-13-21(22)27)23(32)30-14-16(19-11-18(25)7-8-20(19)26)12-24(30,15-31)17-5-3-2-4-6-17/h4-10,13-14,18,24-25,34H,11-12,15-17H2,1-3H3;2-8,11-12,21-22,28,31H,9-10,13-15H2,1H3/t24-,25+,27-;21-,22+,24-/m11/s1. The van der Waals surface area contributed by atoms with Crippen molar-refractivity contribution in [2.45, 2.75) is 68.2 Å². The maximum absolute atomic E-state index is 15.2. The number of piperidine rings is 2. The van der Waals surface area contributed by atoms with E-state index in [1.807, 2.05) is 24.8 Å². The van der Waals surface area contributed by atoms with Crippen LogP contribution in [0.2, 0.25) is 0 Å². The van der Waals surface area contributed by atoms with Gasteiger partial charge in [-0.1, -0.05) is 60.7 Å². The Bertz CT molecular complexity index is 2450. The number of benzene rings is 4. The Hall–Kier alpha value is -5.68. The number of alkyl halides is 2. The first-order valence-electron chi connectivity index (χ1n) is 22.5. The number of rotatable bonds is 9. The summed E-state index contributed by atoms with van der Waals surface area (Å²) >= 11 is 0. The number of halogens is 6. The minimum absolute atomic E-state index is 0.0296. The van der Waals surface area contributed by atoms with Crippen LogP contribution in [0.25, 0.3) is 11.1 Å². The van der Waals surface area contributed by atoms with Crippen LogP contribution < -0.4 is 5.32 Å². The van der Waals surface area contributed by atoms with E-state index in [1.54, 1.807) is 80.8 Å². The van der Waals surface area contributed by atoms with Crippen molar-refractivity contribution in [1.82, 2.24) is 29.8 Å². The molecule has 0 saturated carbocycles. The number of nitrogens with one attached hydrogen (secondary N) is 1. The number of urea groups is 2.